The van der Waals surface area contributed by atoms with E-state index in [1.807, 2.05) is 31.2 Å². The molecule has 1 N–H and O–H groups in total. The number of carboxylic acid groups (broad SMARTS) is 1. The standard InChI is InChI=1S/C19H25NO5/c1-12-5-7-14(8-6-12)17-15(4-3-9-24-17)18(21)20-10-13(2)25-16(11-20)19(22)23/h5-8,13,15-17H,3-4,9-11H2,1-2H3,(H,22,23)/t13-,15?,16?,17?/m1/s1. The molecule has 0 radical (unpaired) electrons. The Labute approximate surface area is 147 Å². The molecule has 1 aromatic rings. The first-order valence-electron chi connectivity index (χ1n) is 8.81. The molecule has 2 aliphatic rings. The molecule has 1 amide bonds. The van der Waals surface area contributed by atoms with E-state index in [9.17, 15) is 14.7 Å². The molecule has 2 saturated heterocycles. The molecule has 2 fully saturated rings. The lowest BCUT2D eigenvalue weighted by molar-refractivity contribution is -0.170. The first kappa shape index (κ1) is 17.9. The van der Waals surface area contributed by atoms with E-state index in [1.54, 1.807) is 11.8 Å². The van der Waals surface area contributed by atoms with E-state index in [0.717, 1.165) is 24.0 Å². The van der Waals surface area contributed by atoms with Crippen LogP contribution >= 0.6 is 0 Å². The predicted molar refractivity (Wildman–Crippen MR) is 91.1 cm³/mol. The molecule has 6 heteroatoms. The van der Waals surface area contributed by atoms with Gasteiger partial charge < -0.3 is 19.5 Å². The van der Waals surface area contributed by atoms with E-state index in [4.69, 9.17) is 9.47 Å². The third kappa shape index (κ3) is 4.02. The molecule has 0 spiro atoms. The highest BCUT2D eigenvalue weighted by Gasteiger charge is 2.39. The average molecular weight is 347 g/mol. The largest absolute Gasteiger partial charge is 0.479 e. The van der Waals surface area contributed by atoms with Gasteiger partial charge in [0.15, 0.2) is 6.10 Å². The van der Waals surface area contributed by atoms with E-state index in [-0.39, 0.29) is 30.6 Å². The maximum absolute atomic E-state index is 13.1. The maximum atomic E-state index is 13.1. The molecule has 4 atom stereocenters. The number of carboxylic acids is 1. The molecule has 3 rings (SSSR count). The molecule has 0 bridgehead atoms. The minimum atomic E-state index is -1.03. The predicted octanol–water partition coefficient (Wildman–Crippen LogP) is 2.16. The van der Waals surface area contributed by atoms with E-state index in [2.05, 4.69) is 0 Å². The van der Waals surface area contributed by atoms with E-state index in [1.165, 1.54) is 0 Å². The minimum absolute atomic E-state index is 0.0355. The van der Waals surface area contributed by atoms with Crippen molar-refractivity contribution in [2.75, 3.05) is 19.7 Å². The van der Waals surface area contributed by atoms with E-state index >= 15 is 0 Å². The normalized spacial score (nSPS) is 30.1. The SMILES string of the molecule is Cc1ccc(C2OCCCC2C(=O)N2CC(C(=O)O)O[C@H](C)C2)cc1. The van der Waals surface area contributed by atoms with Crippen LogP contribution in [0, 0.1) is 12.8 Å². The van der Waals surface area contributed by atoms with Crippen LogP contribution in [0.1, 0.15) is 37.0 Å². The first-order valence-corrected chi connectivity index (χ1v) is 8.81. The minimum Gasteiger partial charge on any atom is -0.479 e. The Bertz CT molecular complexity index is 629. The van der Waals surface area contributed by atoms with Gasteiger partial charge in [-0.1, -0.05) is 29.8 Å². The summed E-state index contributed by atoms with van der Waals surface area (Å²) in [5.41, 5.74) is 2.16. The number of nitrogens with zero attached hydrogens (tertiary/aromatic N) is 1. The van der Waals surface area contributed by atoms with Gasteiger partial charge >= 0.3 is 5.97 Å². The lowest BCUT2D eigenvalue weighted by Crippen LogP contribution is -2.54. The van der Waals surface area contributed by atoms with Crippen molar-refractivity contribution in [1.29, 1.82) is 0 Å². The quantitative estimate of drug-likeness (QED) is 0.907. The van der Waals surface area contributed by atoms with Crippen molar-refractivity contribution >= 4 is 11.9 Å². The van der Waals surface area contributed by atoms with Crippen molar-refractivity contribution in [3.63, 3.8) is 0 Å². The smallest absolute Gasteiger partial charge is 0.334 e. The molecular weight excluding hydrogens is 322 g/mol. The maximum Gasteiger partial charge on any atom is 0.334 e. The summed E-state index contributed by atoms with van der Waals surface area (Å²) in [5.74, 6) is -1.35. The fourth-order valence-electron chi connectivity index (χ4n) is 3.62. The molecule has 0 aliphatic carbocycles. The lowest BCUT2D eigenvalue weighted by Gasteiger charge is -2.39. The van der Waals surface area contributed by atoms with Gasteiger partial charge in [-0.25, -0.2) is 4.79 Å². The molecule has 136 valence electrons. The average Bonchev–Trinajstić information content (AvgIpc) is 2.61. The number of ether oxygens (including phenoxy) is 2. The Morgan fingerprint density at radius 2 is 1.92 bits per heavy atom. The molecular formula is C19H25NO5. The molecule has 2 aliphatic heterocycles. The van der Waals surface area contributed by atoms with Gasteiger partial charge in [0, 0.05) is 13.2 Å². The number of hydrogen-bond donors (Lipinski definition) is 1. The Hall–Kier alpha value is -1.92. The van der Waals surface area contributed by atoms with Crippen molar-refractivity contribution < 1.29 is 24.2 Å². The van der Waals surface area contributed by atoms with Gasteiger partial charge in [0.25, 0.3) is 0 Å². The first-order chi connectivity index (χ1) is 12.0. The number of hydrogen-bond acceptors (Lipinski definition) is 4. The van der Waals surface area contributed by atoms with Crippen molar-refractivity contribution in [2.45, 2.75) is 45.0 Å². The number of benzene rings is 1. The van der Waals surface area contributed by atoms with Crippen molar-refractivity contribution in [2.24, 2.45) is 5.92 Å². The molecule has 3 unspecified atom stereocenters. The van der Waals surface area contributed by atoms with Crippen LogP contribution in [0.25, 0.3) is 0 Å². The van der Waals surface area contributed by atoms with Crippen LogP contribution in [0.3, 0.4) is 0 Å². The Kier molecular flexibility index (Phi) is 5.39. The summed E-state index contributed by atoms with van der Waals surface area (Å²) in [6.45, 7) is 4.97. The Morgan fingerprint density at radius 1 is 1.20 bits per heavy atom. The van der Waals surface area contributed by atoms with Crippen LogP contribution in [-0.2, 0) is 19.1 Å². The summed E-state index contributed by atoms with van der Waals surface area (Å²) < 4.78 is 11.3. The Balaban J connectivity index is 1.78. The van der Waals surface area contributed by atoms with Crippen molar-refractivity contribution in [3.8, 4) is 0 Å². The number of carbonyl (C=O) groups is 2. The van der Waals surface area contributed by atoms with Crippen LogP contribution in [-0.4, -0.2) is 53.8 Å². The van der Waals surface area contributed by atoms with Gasteiger partial charge in [-0.3, -0.25) is 4.79 Å². The van der Waals surface area contributed by atoms with E-state index < -0.39 is 12.1 Å². The molecule has 2 heterocycles. The van der Waals surface area contributed by atoms with Crippen molar-refractivity contribution in [3.05, 3.63) is 35.4 Å². The van der Waals surface area contributed by atoms with Crippen LogP contribution in [0.5, 0.6) is 0 Å². The van der Waals surface area contributed by atoms with Gasteiger partial charge in [-0.2, -0.15) is 0 Å². The molecule has 1 aromatic carbocycles. The van der Waals surface area contributed by atoms with Gasteiger partial charge in [0.05, 0.1) is 24.7 Å². The molecule has 0 aromatic heterocycles. The van der Waals surface area contributed by atoms with Gasteiger partial charge in [-0.05, 0) is 32.3 Å². The summed E-state index contributed by atoms with van der Waals surface area (Å²) in [6.07, 6.45) is 0.0569. The highest BCUT2D eigenvalue weighted by atomic mass is 16.5. The summed E-state index contributed by atoms with van der Waals surface area (Å²) in [4.78, 5) is 26.0. The third-order valence-corrected chi connectivity index (χ3v) is 4.89. The van der Waals surface area contributed by atoms with E-state index in [0.29, 0.717) is 13.2 Å². The van der Waals surface area contributed by atoms with Gasteiger partial charge in [0.1, 0.15) is 0 Å². The van der Waals surface area contributed by atoms with Gasteiger partial charge in [0.2, 0.25) is 5.91 Å². The number of aliphatic carboxylic acids is 1. The fraction of sp³-hybridized carbons (Fsp3) is 0.579. The van der Waals surface area contributed by atoms with Crippen LogP contribution in [0.15, 0.2) is 24.3 Å². The van der Waals surface area contributed by atoms with Crippen LogP contribution < -0.4 is 0 Å². The highest BCUT2D eigenvalue weighted by molar-refractivity contribution is 5.81. The monoisotopic (exact) mass is 347 g/mol. The second-order valence-electron chi connectivity index (χ2n) is 6.97. The summed E-state index contributed by atoms with van der Waals surface area (Å²) in [6, 6.07) is 8.05. The number of morpholine rings is 1. The molecule has 6 nitrogen and oxygen atoms in total. The number of rotatable bonds is 3. The topological polar surface area (TPSA) is 76.1 Å². The Morgan fingerprint density at radius 3 is 2.60 bits per heavy atom. The number of amides is 1. The van der Waals surface area contributed by atoms with Crippen molar-refractivity contribution in [1.82, 2.24) is 4.90 Å². The zero-order valence-corrected chi connectivity index (χ0v) is 14.7. The van der Waals surface area contributed by atoms with Crippen LogP contribution in [0.2, 0.25) is 0 Å². The summed E-state index contributed by atoms with van der Waals surface area (Å²) >= 11 is 0. The number of carbonyl (C=O) groups excluding carboxylic acids is 1. The molecule has 0 saturated carbocycles. The van der Waals surface area contributed by atoms with Gasteiger partial charge in [-0.15, -0.1) is 0 Å². The molecule has 25 heavy (non-hydrogen) atoms. The second kappa shape index (κ2) is 7.54. The number of aryl methyl sites for hydroxylation is 1. The summed E-state index contributed by atoms with van der Waals surface area (Å²) in [7, 11) is 0. The third-order valence-electron chi connectivity index (χ3n) is 4.89. The fourth-order valence-corrected chi connectivity index (χ4v) is 3.62. The second-order valence-corrected chi connectivity index (χ2v) is 6.97. The lowest BCUT2D eigenvalue weighted by atomic mass is 9.87. The van der Waals surface area contributed by atoms with Crippen LogP contribution in [0.4, 0.5) is 0 Å². The highest BCUT2D eigenvalue weighted by Crippen LogP contribution is 2.35. The zero-order valence-electron chi connectivity index (χ0n) is 14.7. The zero-order chi connectivity index (χ0) is 18.0. The summed E-state index contributed by atoms with van der Waals surface area (Å²) in [5, 5.41) is 9.23.